The minimum Gasteiger partial charge on any atom is -0.497 e. The molecular weight excluding hydrogens is 332 g/mol. The standard InChI is InChI=1S/C16H15BrN2O2/c1-11-4-3-5-14-16(17)18-15(19(11)14)10-21-13-8-6-12(20-2)7-9-13/h3-9H,10H2,1-2H3. The minimum atomic E-state index is 0.407. The monoisotopic (exact) mass is 346 g/mol. The second-order valence-corrected chi connectivity index (χ2v) is 5.42. The zero-order chi connectivity index (χ0) is 14.8. The molecule has 2 aromatic heterocycles. The minimum absolute atomic E-state index is 0.407. The van der Waals surface area contributed by atoms with E-state index < -0.39 is 0 Å². The highest BCUT2D eigenvalue weighted by Gasteiger charge is 2.11. The SMILES string of the molecule is COc1ccc(OCc2nc(Br)c3cccc(C)n23)cc1. The van der Waals surface area contributed by atoms with Crippen LogP contribution in [-0.2, 0) is 6.61 Å². The topological polar surface area (TPSA) is 35.8 Å². The molecule has 4 nitrogen and oxygen atoms in total. The number of pyridine rings is 1. The molecule has 0 aliphatic carbocycles. The van der Waals surface area contributed by atoms with E-state index in [2.05, 4.69) is 38.3 Å². The van der Waals surface area contributed by atoms with E-state index in [1.807, 2.05) is 36.4 Å². The predicted octanol–water partition coefficient (Wildman–Crippen LogP) is 3.99. The molecule has 0 saturated heterocycles. The molecule has 0 bridgehead atoms. The Morgan fingerprint density at radius 1 is 1.10 bits per heavy atom. The molecule has 0 aliphatic rings. The Kier molecular flexibility index (Phi) is 3.84. The highest BCUT2D eigenvalue weighted by atomic mass is 79.9. The van der Waals surface area contributed by atoms with Gasteiger partial charge in [0, 0.05) is 5.69 Å². The molecule has 5 heteroatoms. The molecule has 0 spiro atoms. The van der Waals surface area contributed by atoms with Crippen LogP contribution in [-0.4, -0.2) is 16.5 Å². The lowest BCUT2D eigenvalue weighted by atomic mass is 10.3. The van der Waals surface area contributed by atoms with Crippen LogP contribution >= 0.6 is 15.9 Å². The van der Waals surface area contributed by atoms with Gasteiger partial charge in [0.2, 0.25) is 0 Å². The van der Waals surface area contributed by atoms with Crippen LogP contribution in [0, 0.1) is 6.92 Å². The average Bonchev–Trinajstić information content (AvgIpc) is 2.84. The first-order valence-electron chi connectivity index (χ1n) is 6.58. The summed E-state index contributed by atoms with van der Waals surface area (Å²) in [6, 6.07) is 13.6. The first kappa shape index (κ1) is 13.9. The lowest BCUT2D eigenvalue weighted by molar-refractivity contribution is 0.294. The van der Waals surface area contributed by atoms with Crippen molar-refractivity contribution in [1.82, 2.24) is 9.38 Å². The Bertz CT molecular complexity index is 766. The molecule has 0 radical (unpaired) electrons. The molecule has 0 unspecified atom stereocenters. The molecule has 1 aromatic carbocycles. The number of fused-ring (bicyclic) bond motifs is 1. The van der Waals surface area contributed by atoms with Crippen LogP contribution in [0.4, 0.5) is 0 Å². The van der Waals surface area contributed by atoms with Gasteiger partial charge in [-0.2, -0.15) is 0 Å². The molecule has 21 heavy (non-hydrogen) atoms. The zero-order valence-corrected chi connectivity index (χ0v) is 13.4. The molecule has 2 heterocycles. The number of ether oxygens (including phenoxy) is 2. The second-order valence-electron chi connectivity index (χ2n) is 4.67. The lowest BCUT2D eigenvalue weighted by Crippen LogP contribution is -2.03. The Balaban J connectivity index is 1.84. The van der Waals surface area contributed by atoms with Crippen molar-refractivity contribution >= 4 is 21.4 Å². The van der Waals surface area contributed by atoms with Crippen molar-refractivity contribution in [3.8, 4) is 11.5 Å². The summed E-state index contributed by atoms with van der Waals surface area (Å²) in [5.41, 5.74) is 2.17. The van der Waals surface area contributed by atoms with Crippen molar-refractivity contribution in [2.45, 2.75) is 13.5 Å². The maximum Gasteiger partial charge on any atom is 0.152 e. The second kappa shape index (κ2) is 5.77. The van der Waals surface area contributed by atoms with Gasteiger partial charge in [-0.1, -0.05) is 6.07 Å². The molecule has 0 atom stereocenters. The van der Waals surface area contributed by atoms with Crippen LogP contribution in [0.15, 0.2) is 47.1 Å². The summed E-state index contributed by atoms with van der Waals surface area (Å²) >= 11 is 3.49. The van der Waals surface area contributed by atoms with Gasteiger partial charge >= 0.3 is 0 Å². The number of halogens is 1. The summed E-state index contributed by atoms with van der Waals surface area (Å²) in [5.74, 6) is 2.47. The first-order chi connectivity index (χ1) is 10.2. The van der Waals surface area contributed by atoms with E-state index in [-0.39, 0.29) is 0 Å². The van der Waals surface area contributed by atoms with Crippen LogP contribution in [0.2, 0.25) is 0 Å². The molecule has 0 amide bonds. The average molecular weight is 347 g/mol. The summed E-state index contributed by atoms with van der Waals surface area (Å²) in [5, 5.41) is 0. The van der Waals surface area contributed by atoms with Crippen LogP contribution in [0.3, 0.4) is 0 Å². The normalized spacial score (nSPS) is 10.8. The Labute approximate surface area is 131 Å². The fraction of sp³-hybridized carbons (Fsp3) is 0.188. The van der Waals surface area contributed by atoms with Gasteiger partial charge in [0.25, 0.3) is 0 Å². The number of hydrogen-bond acceptors (Lipinski definition) is 3. The van der Waals surface area contributed by atoms with E-state index in [1.54, 1.807) is 7.11 Å². The van der Waals surface area contributed by atoms with E-state index in [4.69, 9.17) is 9.47 Å². The number of aryl methyl sites for hydroxylation is 1. The molecule has 108 valence electrons. The van der Waals surface area contributed by atoms with E-state index in [0.717, 1.165) is 33.1 Å². The largest absolute Gasteiger partial charge is 0.497 e. The number of rotatable bonds is 4. The highest BCUT2D eigenvalue weighted by molar-refractivity contribution is 9.10. The molecule has 3 rings (SSSR count). The number of benzene rings is 1. The quantitative estimate of drug-likeness (QED) is 0.716. The maximum absolute atomic E-state index is 5.81. The van der Waals surface area contributed by atoms with Gasteiger partial charge in [-0.25, -0.2) is 4.98 Å². The van der Waals surface area contributed by atoms with Gasteiger partial charge in [-0.15, -0.1) is 0 Å². The fourth-order valence-electron chi connectivity index (χ4n) is 2.26. The summed E-state index contributed by atoms with van der Waals surface area (Å²) in [6.07, 6.45) is 0. The van der Waals surface area contributed by atoms with Crippen molar-refractivity contribution in [3.05, 3.63) is 58.6 Å². The zero-order valence-electron chi connectivity index (χ0n) is 11.8. The number of aromatic nitrogens is 2. The third-order valence-corrected chi connectivity index (χ3v) is 3.89. The smallest absolute Gasteiger partial charge is 0.152 e. The molecule has 0 aliphatic heterocycles. The molecule has 3 aromatic rings. The first-order valence-corrected chi connectivity index (χ1v) is 7.37. The third kappa shape index (κ3) is 2.74. The Morgan fingerprint density at radius 3 is 2.52 bits per heavy atom. The highest BCUT2D eigenvalue weighted by Crippen LogP contribution is 2.22. The summed E-state index contributed by atoms with van der Waals surface area (Å²) < 4.78 is 13.9. The maximum atomic E-state index is 5.81. The van der Waals surface area contributed by atoms with E-state index in [0.29, 0.717) is 6.61 Å². The lowest BCUT2D eigenvalue weighted by Gasteiger charge is -2.08. The van der Waals surface area contributed by atoms with Gasteiger partial charge in [-0.05, 0) is 59.3 Å². The van der Waals surface area contributed by atoms with Crippen molar-refractivity contribution in [2.75, 3.05) is 7.11 Å². The fourth-order valence-corrected chi connectivity index (χ4v) is 2.77. The molecule has 0 fully saturated rings. The van der Waals surface area contributed by atoms with Gasteiger partial charge in [0.05, 0.1) is 12.6 Å². The van der Waals surface area contributed by atoms with Crippen molar-refractivity contribution in [2.24, 2.45) is 0 Å². The molecule has 0 N–H and O–H groups in total. The Morgan fingerprint density at radius 2 is 1.81 bits per heavy atom. The van der Waals surface area contributed by atoms with Gasteiger partial charge in [-0.3, -0.25) is 4.40 Å². The Hall–Kier alpha value is -2.01. The van der Waals surface area contributed by atoms with Gasteiger partial charge in [0.15, 0.2) is 5.82 Å². The number of nitrogens with zero attached hydrogens (tertiary/aromatic N) is 2. The van der Waals surface area contributed by atoms with Crippen LogP contribution in [0.1, 0.15) is 11.5 Å². The third-order valence-electron chi connectivity index (χ3n) is 3.31. The molecular formula is C16H15BrN2O2. The molecule has 0 saturated carbocycles. The van der Waals surface area contributed by atoms with Crippen molar-refractivity contribution in [1.29, 1.82) is 0 Å². The van der Waals surface area contributed by atoms with Crippen LogP contribution < -0.4 is 9.47 Å². The number of methoxy groups -OCH3 is 1. The van der Waals surface area contributed by atoms with Gasteiger partial charge < -0.3 is 9.47 Å². The number of hydrogen-bond donors (Lipinski definition) is 0. The number of imidazole rings is 1. The van der Waals surface area contributed by atoms with Crippen LogP contribution in [0.5, 0.6) is 11.5 Å². The summed E-state index contributed by atoms with van der Waals surface area (Å²) in [4.78, 5) is 4.53. The predicted molar refractivity (Wildman–Crippen MR) is 85.0 cm³/mol. The van der Waals surface area contributed by atoms with E-state index >= 15 is 0 Å². The van der Waals surface area contributed by atoms with Gasteiger partial charge in [0.1, 0.15) is 22.7 Å². The van der Waals surface area contributed by atoms with E-state index in [1.165, 1.54) is 0 Å². The summed E-state index contributed by atoms with van der Waals surface area (Å²) in [6.45, 7) is 2.46. The van der Waals surface area contributed by atoms with Crippen LogP contribution in [0.25, 0.3) is 5.52 Å². The van der Waals surface area contributed by atoms with E-state index in [9.17, 15) is 0 Å². The van der Waals surface area contributed by atoms with Crippen molar-refractivity contribution < 1.29 is 9.47 Å². The van der Waals surface area contributed by atoms with Crippen molar-refractivity contribution in [3.63, 3.8) is 0 Å². The summed E-state index contributed by atoms with van der Waals surface area (Å²) in [7, 11) is 1.65.